The van der Waals surface area contributed by atoms with Crippen LogP contribution in [0.2, 0.25) is 0 Å². The molecule has 0 amide bonds. The molecule has 162 valence electrons. The number of likely N-dealkylation sites (N-methyl/N-ethyl adjacent to an activating group) is 1. The first-order valence-corrected chi connectivity index (χ1v) is 11.5. The number of rotatable bonds is 7. The van der Waals surface area contributed by atoms with Gasteiger partial charge in [-0.05, 0) is 43.1 Å². The van der Waals surface area contributed by atoms with E-state index in [-0.39, 0.29) is 5.56 Å². The molecule has 8 nitrogen and oxygen atoms in total. The molecule has 5 rings (SSSR count). The number of anilines is 1. The summed E-state index contributed by atoms with van der Waals surface area (Å²) in [4.78, 5) is 23.1. The monoisotopic (exact) mass is 438 g/mol. The molecule has 0 atom stereocenters. The summed E-state index contributed by atoms with van der Waals surface area (Å²) in [6.45, 7) is 5.97. The highest BCUT2D eigenvalue weighted by atomic mass is 32.1. The van der Waals surface area contributed by atoms with Crippen LogP contribution >= 0.6 is 11.3 Å². The fourth-order valence-electron chi connectivity index (χ4n) is 4.16. The summed E-state index contributed by atoms with van der Waals surface area (Å²) < 4.78 is 7.22. The molecule has 31 heavy (non-hydrogen) atoms. The molecule has 0 unspecified atom stereocenters. The predicted molar refractivity (Wildman–Crippen MR) is 124 cm³/mol. The number of piperazine rings is 1. The zero-order valence-electron chi connectivity index (χ0n) is 17.6. The fraction of sp³-hybridized carbons (Fsp3) is 0.409. The van der Waals surface area contributed by atoms with Crippen LogP contribution in [0.25, 0.3) is 21.2 Å². The van der Waals surface area contributed by atoms with Gasteiger partial charge in [0.2, 0.25) is 0 Å². The zero-order chi connectivity index (χ0) is 21.2. The van der Waals surface area contributed by atoms with Gasteiger partial charge in [-0.25, -0.2) is 4.98 Å². The molecule has 0 saturated carbocycles. The van der Waals surface area contributed by atoms with Crippen molar-refractivity contribution in [3.63, 3.8) is 0 Å². The first-order chi connectivity index (χ1) is 15.2. The maximum Gasteiger partial charge on any atom is 0.262 e. The topological polar surface area (TPSA) is 79.4 Å². The van der Waals surface area contributed by atoms with E-state index in [1.807, 2.05) is 25.2 Å². The lowest BCUT2D eigenvalue weighted by molar-refractivity contribution is 0.246. The van der Waals surface area contributed by atoms with Crippen LogP contribution in [0.15, 0.2) is 45.3 Å². The van der Waals surface area contributed by atoms with E-state index < -0.39 is 0 Å². The molecule has 1 aromatic carbocycles. The molecule has 1 N–H and O–H groups in total. The van der Waals surface area contributed by atoms with E-state index in [4.69, 9.17) is 4.52 Å². The molecule has 1 aliphatic heterocycles. The summed E-state index contributed by atoms with van der Waals surface area (Å²) in [5, 5.41) is 11.3. The van der Waals surface area contributed by atoms with Crippen molar-refractivity contribution >= 4 is 38.3 Å². The number of aromatic nitrogens is 3. The van der Waals surface area contributed by atoms with Gasteiger partial charge in [0.1, 0.15) is 4.83 Å². The Balaban J connectivity index is 1.23. The SMILES string of the molecule is CNCCc1csc2ncn(CCN3CCN(c4noc5ccccc45)CC3)c(=O)c12. The Bertz CT molecular complexity index is 1240. The number of hydrogen-bond donors (Lipinski definition) is 1. The molecule has 0 bridgehead atoms. The van der Waals surface area contributed by atoms with Gasteiger partial charge in [-0.15, -0.1) is 11.3 Å². The van der Waals surface area contributed by atoms with Crippen molar-refractivity contribution in [2.45, 2.75) is 13.0 Å². The third kappa shape index (κ3) is 3.96. The Morgan fingerprint density at radius 2 is 2.00 bits per heavy atom. The van der Waals surface area contributed by atoms with Crippen LogP contribution < -0.4 is 15.8 Å². The number of nitrogens with one attached hydrogen (secondary N) is 1. The molecule has 4 heterocycles. The lowest BCUT2D eigenvalue weighted by Gasteiger charge is -2.34. The molecule has 1 saturated heterocycles. The van der Waals surface area contributed by atoms with Crippen molar-refractivity contribution in [3.8, 4) is 0 Å². The summed E-state index contributed by atoms with van der Waals surface area (Å²) >= 11 is 1.55. The van der Waals surface area contributed by atoms with Crippen LogP contribution in [0.3, 0.4) is 0 Å². The number of fused-ring (bicyclic) bond motifs is 2. The second kappa shape index (κ2) is 8.78. The van der Waals surface area contributed by atoms with E-state index in [2.05, 4.69) is 36.7 Å². The molecule has 3 aromatic heterocycles. The number of para-hydroxylation sites is 1. The van der Waals surface area contributed by atoms with Crippen molar-refractivity contribution in [2.75, 3.05) is 51.2 Å². The van der Waals surface area contributed by atoms with Crippen molar-refractivity contribution in [1.29, 1.82) is 0 Å². The Labute approximate surface area is 184 Å². The minimum absolute atomic E-state index is 0.0741. The molecule has 9 heteroatoms. The second-order valence-electron chi connectivity index (χ2n) is 7.87. The Hall–Kier alpha value is -2.75. The van der Waals surface area contributed by atoms with Gasteiger partial charge in [-0.1, -0.05) is 17.3 Å². The largest absolute Gasteiger partial charge is 0.354 e. The van der Waals surface area contributed by atoms with Crippen LogP contribution in [0.1, 0.15) is 5.56 Å². The molecular weight excluding hydrogens is 412 g/mol. The zero-order valence-corrected chi connectivity index (χ0v) is 18.4. The first kappa shape index (κ1) is 20.2. The predicted octanol–water partition coefficient (Wildman–Crippen LogP) is 2.18. The molecule has 4 aromatic rings. The number of thiophene rings is 1. The Kier molecular flexibility index (Phi) is 5.71. The average Bonchev–Trinajstić information content (AvgIpc) is 3.42. The lowest BCUT2D eigenvalue weighted by Crippen LogP contribution is -2.47. The van der Waals surface area contributed by atoms with Crippen molar-refractivity contribution in [1.82, 2.24) is 24.9 Å². The van der Waals surface area contributed by atoms with Crippen molar-refractivity contribution < 1.29 is 4.52 Å². The Morgan fingerprint density at radius 1 is 1.16 bits per heavy atom. The lowest BCUT2D eigenvalue weighted by atomic mass is 10.2. The summed E-state index contributed by atoms with van der Waals surface area (Å²) in [6.07, 6.45) is 2.54. The first-order valence-electron chi connectivity index (χ1n) is 10.7. The van der Waals surface area contributed by atoms with Crippen LogP contribution in [0, 0.1) is 0 Å². The van der Waals surface area contributed by atoms with Crippen molar-refractivity contribution in [3.05, 3.63) is 51.9 Å². The van der Waals surface area contributed by atoms with Crippen LogP contribution in [-0.2, 0) is 13.0 Å². The second-order valence-corrected chi connectivity index (χ2v) is 8.73. The smallest absolute Gasteiger partial charge is 0.262 e. The van der Waals surface area contributed by atoms with Gasteiger partial charge >= 0.3 is 0 Å². The molecule has 0 spiro atoms. The highest BCUT2D eigenvalue weighted by Gasteiger charge is 2.21. The molecule has 1 aliphatic rings. The van der Waals surface area contributed by atoms with Crippen molar-refractivity contribution in [2.24, 2.45) is 0 Å². The van der Waals surface area contributed by atoms with Gasteiger partial charge in [-0.3, -0.25) is 14.3 Å². The van der Waals surface area contributed by atoms with Crippen LogP contribution in [-0.4, -0.2) is 65.9 Å². The highest BCUT2D eigenvalue weighted by molar-refractivity contribution is 7.16. The van der Waals surface area contributed by atoms with Gasteiger partial charge in [0.15, 0.2) is 11.4 Å². The molecular formula is C22H26N6O2S. The minimum atomic E-state index is 0.0741. The van der Waals surface area contributed by atoms with E-state index in [0.29, 0.717) is 6.54 Å². The maximum absolute atomic E-state index is 13.0. The molecule has 0 aliphatic carbocycles. The summed E-state index contributed by atoms with van der Waals surface area (Å²) in [5.41, 5.74) is 1.99. The number of hydrogen-bond acceptors (Lipinski definition) is 8. The summed E-state index contributed by atoms with van der Waals surface area (Å²) in [5.74, 6) is 0.924. The van der Waals surface area contributed by atoms with Gasteiger partial charge in [0.05, 0.1) is 17.1 Å². The normalized spacial score (nSPS) is 15.3. The third-order valence-electron chi connectivity index (χ3n) is 5.97. The van der Waals surface area contributed by atoms with E-state index in [1.54, 1.807) is 22.2 Å². The van der Waals surface area contributed by atoms with Crippen LogP contribution in [0.4, 0.5) is 5.82 Å². The molecule has 0 radical (unpaired) electrons. The van der Waals surface area contributed by atoms with Gasteiger partial charge < -0.3 is 14.7 Å². The average molecular weight is 439 g/mol. The summed E-state index contributed by atoms with van der Waals surface area (Å²) in [6, 6.07) is 7.98. The maximum atomic E-state index is 13.0. The standard InChI is InChI=1S/C22H26N6O2S/c1-23-7-6-16-14-31-21-19(16)22(29)28(15-24-21)13-10-26-8-11-27(12-9-26)20-17-4-2-3-5-18(17)30-25-20/h2-5,14-15,23H,6-13H2,1H3. The van der Waals surface area contributed by atoms with E-state index in [1.165, 1.54) is 0 Å². The Morgan fingerprint density at radius 3 is 2.84 bits per heavy atom. The highest BCUT2D eigenvalue weighted by Crippen LogP contribution is 2.26. The number of nitrogens with zero attached hydrogens (tertiary/aromatic N) is 5. The van der Waals surface area contributed by atoms with E-state index in [0.717, 1.165) is 78.3 Å². The van der Waals surface area contributed by atoms with Gasteiger partial charge in [0.25, 0.3) is 5.56 Å². The summed E-state index contributed by atoms with van der Waals surface area (Å²) in [7, 11) is 1.93. The van der Waals surface area contributed by atoms with E-state index in [9.17, 15) is 4.79 Å². The minimum Gasteiger partial charge on any atom is -0.354 e. The molecule has 1 fully saturated rings. The van der Waals surface area contributed by atoms with E-state index >= 15 is 0 Å². The number of benzene rings is 1. The van der Waals surface area contributed by atoms with Gasteiger partial charge in [-0.2, -0.15) is 0 Å². The third-order valence-corrected chi connectivity index (χ3v) is 6.90. The van der Waals surface area contributed by atoms with Gasteiger partial charge in [0, 0.05) is 39.3 Å². The quantitative estimate of drug-likeness (QED) is 0.474. The fourth-order valence-corrected chi connectivity index (χ4v) is 5.09. The van der Waals surface area contributed by atoms with Crippen LogP contribution in [0.5, 0.6) is 0 Å².